The highest BCUT2D eigenvalue weighted by Gasteiger charge is 2.46. The molecule has 2 rings (SSSR count). The third-order valence-corrected chi connectivity index (χ3v) is 4.47. The Labute approximate surface area is 134 Å². The molecule has 0 radical (unpaired) electrons. The van der Waals surface area contributed by atoms with Crippen LogP contribution in [0.5, 0.6) is 11.5 Å². The maximum atomic E-state index is 13.3. The highest BCUT2D eigenvalue weighted by atomic mass is 32.2. The van der Waals surface area contributed by atoms with E-state index in [0.717, 1.165) is 30.3 Å². The first-order chi connectivity index (χ1) is 11.0. The number of halogens is 4. The van der Waals surface area contributed by atoms with Crippen LogP contribution in [0, 0.1) is 24.1 Å². The van der Waals surface area contributed by atoms with Crippen LogP contribution in [0.25, 0.3) is 0 Å². The third-order valence-electron chi connectivity index (χ3n) is 2.99. The molecule has 0 spiro atoms. The van der Waals surface area contributed by atoms with E-state index >= 15 is 0 Å². The lowest BCUT2D eigenvalue weighted by atomic mass is 10.2. The molecular formula is C15H9F4NO3S. The molecule has 0 N–H and O–H groups in total. The molecule has 0 fully saturated rings. The maximum absolute atomic E-state index is 13.3. The molecule has 0 saturated carbocycles. The number of nitrogens with zero attached hydrogens (tertiary/aromatic N) is 1. The molecular weight excluding hydrogens is 350 g/mol. The van der Waals surface area contributed by atoms with Gasteiger partial charge in [-0.05, 0) is 42.8 Å². The zero-order valence-corrected chi connectivity index (χ0v) is 12.9. The molecule has 126 valence electrons. The van der Waals surface area contributed by atoms with Gasteiger partial charge in [-0.25, -0.2) is 12.8 Å². The van der Waals surface area contributed by atoms with Crippen LogP contribution in [0.15, 0.2) is 41.3 Å². The summed E-state index contributed by atoms with van der Waals surface area (Å²) in [5.74, 6) is -0.732. The molecule has 0 aromatic heterocycles. The van der Waals surface area contributed by atoms with Gasteiger partial charge >= 0.3 is 5.51 Å². The van der Waals surface area contributed by atoms with E-state index in [2.05, 4.69) is 0 Å². The normalized spacial score (nSPS) is 11.8. The van der Waals surface area contributed by atoms with Gasteiger partial charge < -0.3 is 4.74 Å². The molecule has 4 nitrogen and oxygen atoms in total. The molecule has 2 aromatic rings. The Balaban J connectivity index is 2.39. The molecule has 0 atom stereocenters. The van der Waals surface area contributed by atoms with Gasteiger partial charge in [0.2, 0.25) is 0 Å². The second-order valence-corrected chi connectivity index (χ2v) is 6.71. The molecule has 2 aromatic carbocycles. The average Bonchev–Trinajstić information content (AvgIpc) is 2.47. The predicted molar refractivity (Wildman–Crippen MR) is 75.6 cm³/mol. The second-order valence-electron chi connectivity index (χ2n) is 4.77. The van der Waals surface area contributed by atoms with Crippen LogP contribution in [-0.2, 0) is 9.84 Å². The smallest absolute Gasteiger partial charge is 0.457 e. The second kappa shape index (κ2) is 6.13. The van der Waals surface area contributed by atoms with Gasteiger partial charge in [-0.2, -0.15) is 18.4 Å². The fourth-order valence-electron chi connectivity index (χ4n) is 1.85. The lowest BCUT2D eigenvalue weighted by molar-refractivity contribution is -0.0436. The fourth-order valence-corrected chi connectivity index (χ4v) is 2.70. The number of hydrogen-bond acceptors (Lipinski definition) is 4. The molecule has 24 heavy (non-hydrogen) atoms. The van der Waals surface area contributed by atoms with Crippen LogP contribution in [0.4, 0.5) is 17.6 Å². The first kappa shape index (κ1) is 17.7. The SMILES string of the molecule is Cc1cc(S(=O)(=O)C(F)(F)F)ccc1Oc1cc(F)cc(C#N)c1. The third kappa shape index (κ3) is 3.49. The van der Waals surface area contributed by atoms with Crippen molar-refractivity contribution in [2.75, 3.05) is 0 Å². The summed E-state index contributed by atoms with van der Waals surface area (Å²) in [7, 11) is -5.46. The minimum Gasteiger partial charge on any atom is -0.457 e. The largest absolute Gasteiger partial charge is 0.501 e. The van der Waals surface area contributed by atoms with Crippen molar-refractivity contribution < 1.29 is 30.7 Å². The van der Waals surface area contributed by atoms with E-state index in [9.17, 15) is 26.0 Å². The number of ether oxygens (including phenoxy) is 1. The van der Waals surface area contributed by atoms with Gasteiger partial charge in [0.05, 0.1) is 16.5 Å². The fraction of sp³-hybridized carbons (Fsp3) is 0.133. The van der Waals surface area contributed by atoms with Crippen LogP contribution in [0.1, 0.15) is 11.1 Å². The molecule has 0 aliphatic rings. The van der Waals surface area contributed by atoms with Gasteiger partial charge in [0, 0.05) is 6.07 Å². The van der Waals surface area contributed by atoms with Crippen molar-refractivity contribution in [2.24, 2.45) is 0 Å². The molecule has 9 heteroatoms. The first-order valence-corrected chi connectivity index (χ1v) is 7.83. The maximum Gasteiger partial charge on any atom is 0.501 e. The first-order valence-electron chi connectivity index (χ1n) is 6.35. The number of alkyl halides is 3. The Morgan fingerprint density at radius 1 is 1.12 bits per heavy atom. The highest BCUT2D eigenvalue weighted by Crippen LogP contribution is 2.34. The zero-order chi connectivity index (χ0) is 18.1. The minimum atomic E-state index is -5.46. The molecule has 0 saturated heterocycles. The van der Waals surface area contributed by atoms with Crippen LogP contribution in [0.3, 0.4) is 0 Å². The summed E-state index contributed by atoms with van der Waals surface area (Å²) >= 11 is 0. The van der Waals surface area contributed by atoms with E-state index in [1.54, 1.807) is 6.07 Å². The van der Waals surface area contributed by atoms with Gasteiger partial charge in [0.1, 0.15) is 17.3 Å². The van der Waals surface area contributed by atoms with E-state index in [4.69, 9.17) is 10.00 Å². The molecule has 0 unspecified atom stereocenters. The quantitative estimate of drug-likeness (QED) is 0.774. The topological polar surface area (TPSA) is 67.2 Å². The Bertz CT molecular complexity index is 931. The number of rotatable bonds is 3. The zero-order valence-electron chi connectivity index (χ0n) is 12.1. The Hall–Kier alpha value is -2.60. The van der Waals surface area contributed by atoms with Crippen molar-refractivity contribution in [1.82, 2.24) is 0 Å². The Morgan fingerprint density at radius 2 is 1.79 bits per heavy atom. The van der Waals surface area contributed by atoms with Crippen molar-refractivity contribution in [3.05, 3.63) is 53.3 Å². The van der Waals surface area contributed by atoms with Gasteiger partial charge in [-0.3, -0.25) is 0 Å². The molecule has 0 heterocycles. The summed E-state index contributed by atoms with van der Waals surface area (Å²) in [6.07, 6.45) is 0. The highest BCUT2D eigenvalue weighted by molar-refractivity contribution is 7.92. The van der Waals surface area contributed by atoms with Gasteiger partial charge in [0.25, 0.3) is 9.84 Å². The Kier molecular flexibility index (Phi) is 4.53. The monoisotopic (exact) mass is 359 g/mol. The lowest BCUT2D eigenvalue weighted by Crippen LogP contribution is -2.23. The van der Waals surface area contributed by atoms with E-state index in [1.165, 1.54) is 13.0 Å². The lowest BCUT2D eigenvalue weighted by Gasteiger charge is -2.12. The summed E-state index contributed by atoms with van der Waals surface area (Å²) in [5, 5.41) is 8.76. The van der Waals surface area contributed by atoms with Crippen molar-refractivity contribution in [3.63, 3.8) is 0 Å². The summed E-state index contributed by atoms with van der Waals surface area (Å²) < 4.78 is 79.0. The number of aryl methyl sites for hydroxylation is 1. The van der Waals surface area contributed by atoms with Crippen LogP contribution < -0.4 is 4.74 Å². The number of sulfone groups is 1. The van der Waals surface area contributed by atoms with Crippen LogP contribution in [-0.4, -0.2) is 13.9 Å². The van der Waals surface area contributed by atoms with E-state index in [-0.39, 0.29) is 22.6 Å². The molecule has 0 amide bonds. The van der Waals surface area contributed by atoms with Crippen molar-refractivity contribution >= 4 is 9.84 Å². The van der Waals surface area contributed by atoms with Crippen molar-refractivity contribution in [2.45, 2.75) is 17.3 Å². The number of hydrogen-bond donors (Lipinski definition) is 0. The number of nitriles is 1. The van der Waals surface area contributed by atoms with E-state index in [1.807, 2.05) is 0 Å². The molecule has 0 bridgehead atoms. The van der Waals surface area contributed by atoms with Crippen molar-refractivity contribution in [3.8, 4) is 17.6 Å². The van der Waals surface area contributed by atoms with E-state index < -0.39 is 26.1 Å². The minimum absolute atomic E-state index is 0.000998. The summed E-state index contributed by atoms with van der Waals surface area (Å²) in [5.41, 5.74) is -5.31. The van der Waals surface area contributed by atoms with Gasteiger partial charge in [-0.15, -0.1) is 0 Å². The van der Waals surface area contributed by atoms with Crippen LogP contribution in [0.2, 0.25) is 0 Å². The predicted octanol–water partition coefficient (Wildman–Crippen LogP) is 4.09. The number of benzene rings is 2. The summed E-state index contributed by atoms with van der Waals surface area (Å²) in [6, 6.07) is 7.53. The molecule has 0 aliphatic heterocycles. The average molecular weight is 359 g/mol. The van der Waals surface area contributed by atoms with Gasteiger partial charge in [-0.1, -0.05) is 0 Å². The molecule has 0 aliphatic carbocycles. The van der Waals surface area contributed by atoms with Gasteiger partial charge in [0.15, 0.2) is 0 Å². The van der Waals surface area contributed by atoms with E-state index in [0.29, 0.717) is 0 Å². The van der Waals surface area contributed by atoms with Crippen molar-refractivity contribution in [1.29, 1.82) is 5.26 Å². The standard InChI is InChI=1S/C15H9F4NO3S/c1-9-4-13(24(21,22)15(17,18)19)2-3-14(9)23-12-6-10(8-20)5-11(16)7-12/h2-7H,1H3. The summed E-state index contributed by atoms with van der Waals surface area (Å²) in [4.78, 5) is -0.920. The Morgan fingerprint density at radius 3 is 2.33 bits per heavy atom. The van der Waals surface area contributed by atoms with Crippen LogP contribution >= 0.6 is 0 Å². The summed E-state index contributed by atoms with van der Waals surface area (Å²) in [6.45, 7) is 1.34.